The molecule has 3 aromatic heterocycles. The first-order valence-corrected chi connectivity index (χ1v) is 7.73. The molecular formula is C17H15N7O2. The Morgan fingerprint density at radius 1 is 1.04 bits per heavy atom. The van der Waals surface area contributed by atoms with Gasteiger partial charge in [0.25, 0.3) is 0 Å². The van der Waals surface area contributed by atoms with Gasteiger partial charge in [0, 0.05) is 11.6 Å². The summed E-state index contributed by atoms with van der Waals surface area (Å²) >= 11 is 0. The Morgan fingerprint density at radius 3 is 2.69 bits per heavy atom. The van der Waals surface area contributed by atoms with Crippen LogP contribution in [0, 0.1) is 0 Å². The number of hydrogen-bond donors (Lipinski definition) is 1. The zero-order valence-corrected chi connectivity index (χ0v) is 14.1. The van der Waals surface area contributed by atoms with Crippen molar-refractivity contribution in [1.82, 2.24) is 29.9 Å². The summed E-state index contributed by atoms with van der Waals surface area (Å²) in [4.78, 5) is 8.29. The number of benzene rings is 1. The average molecular weight is 349 g/mol. The normalized spacial score (nSPS) is 10.8. The van der Waals surface area contributed by atoms with Gasteiger partial charge in [-0.3, -0.25) is 0 Å². The number of rotatable bonds is 4. The number of methoxy groups -OCH3 is 2. The van der Waals surface area contributed by atoms with Crippen LogP contribution < -0.4 is 15.2 Å². The van der Waals surface area contributed by atoms with E-state index in [1.54, 1.807) is 23.1 Å². The zero-order chi connectivity index (χ0) is 18.1. The van der Waals surface area contributed by atoms with Gasteiger partial charge in [-0.1, -0.05) is 18.2 Å². The highest BCUT2D eigenvalue weighted by Crippen LogP contribution is 2.30. The third-order valence-corrected chi connectivity index (χ3v) is 3.89. The molecule has 0 aliphatic carbocycles. The van der Waals surface area contributed by atoms with Gasteiger partial charge < -0.3 is 15.2 Å². The topological polar surface area (TPSA) is 114 Å². The van der Waals surface area contributed by atoms with Crippen molar-refractivity contribution in [1.29, 1.82) is 0 Å². The van der Waals surface area contributed by atoms with Gasteiger partial charge in [0.15, 0.2) is 5.82 Å². The summed E-state index contributed by atoms with van der Waals surface area (Å²) < 4.78 is 12.1. The summed E-state index contributed by atoms with van der Waals surface area (Å²) in [6, 6.07) is 9.80. The molecule has 0 aliphatic heterocycles. The molecule has 9 heteroatoms. The highest BCUT2D eigenvalue weighted by Gasteiger charge is 2.16. The number of nitrogens with two attached hydrogens (primary N) is 1. The molecule has 0 saturated heterocycles. The fourth-order valence-electron chi connectivity index (χ4n) is 2.64. The maximum atomic E-state index is 6.05. The van der Waals surface area contributed by atoms with Gasteiger partial charge in [-0.15, -0.1) is 10.2 Å². The molecule has 0 spiro atoms. The lowest BCUT2D eigenvalue weighted by atomic mass is 10.2. The van der Waals surface area contributed by atoms with Crippen molar-refractivity contribution in [2.24, 2.45) is 0 Å². The van der Waals surface area contributed by atoms with E-state index < -0.39 is 0 Å². The Labute approximate surface area is 148 Å². The van der Waals surface area contributed by atoms with Crippen LogP contribution in [-0.2, 0) is 0 Å². The second-order valence-electron chi connectivity index (χ2n) is 5.39. The summed E-state index contributed by atoms with van der Waals surface area (Å²) in [7, 11) is 3.00. The molecule has 0 fully saturated rings. The van der Waals surface area contributed by atoms with Crippen LogP contribution in [0.15, 0.2) is 42.7 Å². The summed E-state index contributed by atoms with van der Waals surface area (Å²) in [6.45, 7) is 0. The van der Waals surface area contributed by atoms with Gasteiger partial charge in [-0.2, -0.15) is 10.1 Å². The van der Waals surface area contributed by atoms with E-state index in [0.717, 1.165) is 10.9 Å². The Kier molecular flexibility index (Phi) is 3.81. The number of ether oxygens (including phenoxy) is 2. The fraction of sp³-hybridized carbons (Fsp3) is 0.118. The zero-order valence-electron chi connectivity index (χ0n) is 14.1. The number of anilines is 1. The minimum absolute atomic E-state index is 0.201. The van der Waals surface area contributed by atoms with Crippen molar-refractivity contribution in [3.05, 3.63) is 42.7 Å². The lowest BCUT2D eigenvalue weighted by Crippen LogP contribution is -2.06. The number of hydrogen-bond acceptors (Lipinski definition) is 8. The Bertz CT molecular complexity index is 1090. The van der Waals surface area contributed by atoms with Gasteiger partial charge in [-0.05, 0) is 12.1 Å². The van der Waals surface area contributed by atoms with Gasteiger partial charge in [0.2, 0.25) is 5.88 Å². The van der Waals surface area contributed by atoms with Gasteiger partial charge in [0.05, 0.1) is 31.5 Å². The predicted octanol–water partition coefficient (Wildman–Crippen LogP) is 1.87. The highest BCUT2D eigenvalue weighted by molar-refractivity contribution is 5.81. The van der Waals surface area contributed by atoms with E-state index in [4.69, 9.17) is 15.2 Å². The summed E-state index contributed by atoms with van der Waals surface area (Å²) in [5, 5.41) is 13.6. The maximum Gasteiger partial charge on any atom is 0.319 e. The van der Waals surface area contributed by atoms with E-state index in [0.29, 0.717) is 22.8 Å². The first-order chi connectivity index (χ1) is 12.7. The molecular weight excluding hydrogens is 334 g/mol. The van der Waals surface area contributed by atoms with Crippen LogP contribution in [0.25, 0.3) is 27.8 Å². The minimum atomic E-state index is 0.201. The number of nitrogens with zero attached hydrogens (tertiary/aromatic N) is 6. The van der Waals surface area contributed by atoms with Crippen LogP contribution in [0.3, 0.4) is 0 Å². The van der Waals surface area contributed by atoms with Crippen molar-refractivity contribution < 1.29 is 9.47 Å². The van der Waals surface area contributed by atoms with Crippen LogP contribution in [0.4, 0.5) is 5.82 Å². The number of fused-ring (bicyclic) bond motifs is 1. The molecule has 3 heterocycles. The first-order valence-electron chi connectivity index (χ1n) is 7.73. The monoisotopic (exact) mass is 349 g/mol. The summed E-state index contributed by atoms with van der Waals surface area (Å²) in [5.41, 5.74) is 8.64. The minimum Gasteiger partial charge on any atom is -0.480 e. The average Bonchev–Trinajstić information content (AvgIpc) is 3.12. The van der Waals surface area contributed by atoms with E-state index in [-0.39, 0.29) is 11.8 Å². The number of aromatic nitrogens is 6. The Hall–Kier alpha value is -3.75. The molecule has 0 saturated carbocycles. The molecule has 0 bridgehead atoms. The van der Waals surface area contributed by atoms with Crippen LogP contribution in [0.1, 0.15) is 0 Å². The fourth-order valence-corrected chi connectivity index (χ4v) is 2.64. The molecule has 26 heavy (non-hydrogen) atoms. The number of para-hydroxylation sites is 1. The van der Waals surface area contributed by atoms with Gasteiger partial charge >= 0.3 is 6.01 Å². The van der Waals surface area contributed by atoms with E-state index >= 15 is 0 Å². The largest absolute Gasteiger partial charge is 0.480 e. The SMILES string of the molecule is COc1ncc(-c2cc(-n3ncc4ccccc43)c(N)nn2)c(OC)n1. The van der Waals surface area contributed by atoms with Crippen molar-refractivity contribution in [2.75, 3.05) is 20.0 Å². The Morgan fingerprint density at radius 2 is 1.88 bits per heavy atom. The lowest BCUT2D eigenvalue weighted by molar-refractivity contribution is 0.353. The third-order valence-electron chi connectivity index (χ3n) is 3.89. The van der Waals surface area contributed by atoms with Crippen molar-refractivity contribution in [2.45, 2.75) is 0 Å². The molecule has 0 unspecified atom stereocenters. The molecule has 0 radical (unpaired) electrons. The van der Waals surface area contributed by atoms with Crippen molar-refractivity contribution >= 4 is 16.7 Å². The molecule has 130 valence electrons. The molecule has 0 amide bonds. The summed E-state index contributed by atoms with van der Waals surface area (Å²) in [5.74, 6) is 0.586. The molecule has 9 nitrogen and oxygen atoms in total. The van der Waals surface area contributed by atoms with Gasteiger partial charge in [0.1, 0.15) is 11.4 Å². The van der Waals surface area contributed by atoms with E-state index in [1.165, 1.54) is 14.2 Å². The standard InChI is InChI=1S/C17H15N7O2/c1-25-16-11(9-19-17(21-16)26-2)12-7-14(15(18)23-22-12)24-13-6-4-3-5-10(13)8-20-24/h3-9H,1-2H3,(H2,18,23). The van der Waals surface area contributed by atoms with E-state index in [1.807, 2.05) is 24.3 Å². The predicted molar refractivity (Wildman–Crippen MR) is 95.2 cm³/mol. The molecule has 0 atom stereocenters. The van der Waals surface area contributed by atoms with Crippen molar-refractivity contribution in [3.8, 4) is 28.8 Å². The summed E-state index contributed by atoms with van der Waals surface area (Å²) in [6.07, 6.45) is 3.34. The van der Waals surface area contributed by atoms with Crippen molar-refractivity contribution in [3.63, 3.8) is 0 Å². The molecule has 0 aliphatic rings. The van der Waals surface area contributed by atoms with Crippen LogP contribution in [0.5, 0.6) is 11.9 Å². The second-order valence-corrected chi connectivity index (χ2v) is 5.39. The highest BCUT2D eigenvalue weighted by atomic mass is 16.5. The molecule has 4 rings (SSSR count). The Balaban J connectivity index is 1.88. The maximum absolute atomic E-state index is 6.05. The lowest BCUT2D eigenvalue weighted by Gasteiger charge is -2.10. The molecule has 1 aromatic carbocycles. The van der Waals surface area contributed by atoms with Crippen LogP contribution in [0.2, 0.25) is 0 Å². The van der Waals surface area contributed by atoms with E-state index in [2.05, 4.69) is 25.3 Å². The smallest absolute Gasteiger partial charge is 0.319 e. The number of nitrogen functional groups attached to an aromatic ring is 1. The molecule has 2 N–H and O–H groups in total. The second kappa shape index (κ2) is 6.28. The van der Waals surface area contributed by atoms with E-state index in [9.17, 15) is 0 Å². The quantitative estimate of drug-likeness (QED) is 0.594. The first kappa shape index (κ1) is 15.8. The van der Waals surface area contributed by atoms with Crippen LogP contribution in [-0.4, -0.2) is 44.2 Å². The molecule has 4 aromatic rings. The van der Waals surface area contributed by atoms with Crippen LogP contribution >= 0.6 is 0 Å². The third kappa shape index (κ3) is 2.55. The van der Waals surface area contributed by atoms with Gasteiger partial charge in [-0.25, -0.2) is 9.67 Å².